The first-order chi connectivity index (χ1) is 7.01. The van der Waals surface area contributed by atoms with Crippen LogP contribution in [0.25, 0.3) is 0 Å². The quantitative estimate of drug-likeness (QED) is 0.534. The van der Waals surface area contributed by atoms with Crippen molar-refractivity contribution in [3.63, 3.8) is 0 Å². The van der Waals surface area contributed by atoms with Crippen LogP contribution in [0.1, 0.15) is 25.7 Å². The summed E-state index contributed by atoms with van der Waals surface area (Å²) in [5.74, 6) is 0.272. The Morgan fingerprint density at radius 1 is 1.20 bits per heavy atom. The van der Waals surface area contributed by atoms with Crippen LogP contribution in [-0.2, 0) is 10.0 Å². The summed E-state index contributed by atoms with van der Waals surface area (Å²) in [4.78, 5) is 0. The fraction of sp³-hybridized carbons (Fsp3) is 0.889. The van der Waals surface area contributed by atoms with Gasteiger partial charge in [-0.05, 0) is 25.7 Å². The van der Waals surface area contributed by atoms with Crippen LogP contribution in [0.4, 0.5) is 0 Å². The smallest absolute Gasteiger partial charge is 0.216 e. The van der Waals surface area contributed by atoms with Gasteiger partial charge >= 0.3 is 0 Å². The second-order valence-corrected chi connectivity index (χ2v) is 6.59. The summed E-state index contributed by atoms with van der Waals surface area (Å²) in [7, 11) is -3.02. The van der Waals surface area contributed by atoms with Crippen LogP contribution >= 0.6 is 0 Å². The molecule has 15 heavy (non-hydrogen) atoms. The van der Waals surface area contributed by atoms with Gasteiger partial charge in [-0.1, -0.05) is 0 Å². The summed E-state index contributed by atoms with van der Waals surface area (Å²) in [5.41, 5.74) is 5.41. The first kappa shape index (κ1) is 10.9. The van der Waals surface area contributed by atoms with Crippen LogP contribution in [0.5, 0.6) is 0 Å². The van der Waals surface area contributed by atoms with Crippen molar-refractivity contribution in [2.75, 3.05) is 13.1 Å². The molecule has 5 nitrogen and oxygen atoms in total. The van der Waals surface area contributed by atoms with Gasteiger partial charge in [0, 0.05) is 19.0 Å². The molecule has 1 aliphatic heterocycles. The molecule has 0 aromatic carbocycles. The normalized spacial score (nSPS) is 25.3. The van der Waals surface area contributed by atoms with E-state index in [1.807, 2.05) is 0 Å². The molecular weight excluding hydrogens is 214 g/mol. The van der Waals surface area contributed by atoms with Gasteiger partial charge in [-0.2, -0.15) is 0 Å². The number of hydrogen-bond acceptors (Lipinski definition) is 3. The van der Waals surface area contributed by atoms with Crippen molar-refractivity contribution in [3.05, 3.63) is 0 Å². The van der Waals surface area contributed by atoms with Crippen LogP contribution < -0.4 is 5.73 Å². The average molecular weight is 231 g/mol. The first-order valence-corrected chi connectivity index (χ1v) is 6.85. The fourth-order valence-corrected chi connectivity index (χ4v) is 3.87. The molecule has 0 aromatic heterocycles. The van der Waals surface area contributed by atoms with Gasteiger partial charge < -0.3 is 5.73 Å². The third-order valence-corrected chi connectivity index (χ3v) is 5.60. The van der Waals surface area contributed by atoms with E-state index in [2.05, 4.69) is 0 Å². The molecule has 0 unspecified atom stereocenters. The molecule has 2 aliphatic rings. The van der Waals surface area contributed by atoms with E-state index in [0.717, 1.165) is 12.8 Å². The molecule has 2 rings (SSSR count). The van der Waals surface area contributed by atoms with Crippen molar-refractivity contribution in [1.29, 1.82) is 5.41 Å². The molecule has 0 bridgehead atoms. The Morgan fingerprint density at radius 3 is 2.13 bits per heavy atom. The van der Waals surface area contributed by atoms with Crippen molar-refractivity contribution in [3.8, 4) is 0 Å². The number of amidine groups is 1. The highest BCUT2D eigenvalue weighted by Gasteiger charge is 2.41. The van der Waals surface area contributed by atoms with E-state index in [9.17, 15) is 8.42 Å². The summed E-state index contributed by atoms with van der Waals surface area (Å²) < 4.78 is 25.3. The Morgan fingerprint density at radius 2 is 1.73 bits per heavy atom. The zero-order valence-electron chi connectivity index (χ0n) is 8.65. The molecular formula is C9H17N3O2S. The standard InChI is InChI=1S/C9H17N3O2S/c10-9(11)7-3-5-12(6-4-7)15(13,14)8-1-2-8/h7-8H,1-6H2,(H3,10,11). The molecule has 1 heterocycles. The second-order valence-electron chi connectivity index (χ2n) is 4.37. The van der Waals surface area contributed by atoms with Crippen molar-refractivity contribution >= 4 is 15.9 Å². The molecule has 3 N–H and O–H groups in total. The zero-order chi connectivity index (χ0) is 11.1. The maximum absolute atomic E-state index is 11.9. The van der Waals surface area contributed by atoms with Gasteiger partial charge in [0.15, 0.2) is 0 Å². The molecule has 0 atom stereocenters. The minimum absolute atomic E-state index is 0.0793. The van der Waals surface area contributed by atoms with Crippen molar-refractivity contribution in [2.24, 2.45) is 11.7 Å². The summed E-state index contributed by atoms with van der Waals surface area (Å²) >= 11 is 0. The maximum atomic E-state index is 11.9. The molecule has 1 saturated heterocycles. The molecule has 86 valence electrons. The highest BCUT2D eigenvalue weighted by atomic mass is 32.2. The van der Waals surface area contributed by atoms with Crippen LogP contribution in [-0.4, -0.2) is 36.9 Å². The third-order valence-electron chi connectivity index (χ3n) is 3.20. The number of nitrogens with two attached hydrogens (primary N) is 1. The van der Waals surface area contributed by atoms with Gasteiger partial charge in [0.1, 0.15) is 0 Å². The van der Waals surface area contributed by atoms with Crippen LogP contribution in [0.3, 0.4) is 0 Å². The highest BCUT2D eigenvalue weighted by Crippen LogP contribution is 2.32. The average Bonchev–Trinajstić information content (AvgIpc) is 3.01. The lowest BCUT2D eigenvalue weighted by Gasteiger charge is -2.30. The molecule has 6 heteroatoms. The lowest BCUT2D eigenvalue weighted by Crippen LogP contribution is -2.42. The molecule has 0 radical (unpaired) electrons. The number of nitrogens with one attached hydrogen (secondary N) is 1. The summed E-state index contributed by atoms with van der Waals surface area (Å²) in [6.07, 6.45) is 3.02. The lowest BCUT2D eigenvalue weighted by molar-refractivity contribution is 0.314. The maximum Gasteiger partial charge on any atom is 0.216 e. The van der Waals surface area contributed by atoms with Crippen molar-refractivity contribution in [1.82, 2.24) is 4.31 Å². The van der Waals surface area contributed by atoms with E-state index in [0.29, 0.717) is 25.9 Å². The van der Waals surface area contributed by atoms with E-state index < -0.39 is 10.0 Å². The molecule has 0 amide bonds. The Labute approximate surface area is 90.2 Å². The predicted molar refractivity (Wildman–Crippen MR) is 58.2 cm³/mol. The highest BCUT2D eigenvalue weighted by molar-refractivity contribution is 7.90. The van der Waals surface area contributed by atoms with E-state index in [1.54, 1.807) is 4.31 Å². The van der Waals surface area contributed by atoms with Gasteiger partial charge in [0.2, 0.25) is 10.0 Å². The first-order valence-electron chi connectivity index (χ1n) is 5.34. The van der Waals surface area contributed by atoms with Gasteiger partial charge in [-0.3, -0.25) is 5.41 Å². The number of rotatable bonds is 3. The lowest BCUT2D eigenvalue weighted by atomic mass is 9.97. The van der Waals surface area contributed by atoms with E-state index in [-0.39, 0.29) is 17.0 Å². The van der Waals surface area contributed by atoms with Gasteiger partial charge in [-0.25, -0.2) is 12.7 Å². The minimum atomic E-state index is -3.02. The Kier molecular flexibility index (Phi) is 2.72. The Hall–Kier alpha value is -0.620. The molecule has 1 saturated carbocycles. The Bertz CT molecular complexity index is 354. The van der Waals surface area contributed by atoms with Gasteiger partial charge in [0.25, 0.3) is 0 Å². The van der Waals surface area contributed by atoms with Crippen LogP contribution in [0, 0.1) is 11.3 Å². The number of piperidine rings is 1. The van der Waals surface area contributed by atoms with Crippen molar-refractivity contribution in [2.45, 2.75) is 30.9 Å². The van der Waals surface area contributed by atoms with Crippen molar-refractivity contribution < 1.29 is 8.42 Å². The summed E-state index contributed by atoms with van der Waals surface area (Å²) in [5, 5.41) is 7.20. The van der Waals surface area contributed by atoms with Crippen LogP contribution in [0.15, 0.2) is 0 Å². The molecule has 0 aromatic rings. The number of hydrogen-bond donors (Lipinski definition) is 2. The molecule has 2 fully saturated rings. The van der Waals surface area contributed by atoms with Gasteiger partial charge in [-0.15, -0.1) is 0 Å². The summed E-state index contributed by atoms with van der Waals surface area (Å²) in [6.45, 7) is 1.06. The largest absolute Gasteiger partial charge is 0.387 e. The topological polar surface area (TPSA) is 87.2 Å². The van der Waals surface area contributed by atoms with E-state index >= 15 is 0 Å². The van der Waals surface area contributed by atoms with E-state index in [4.69, 9.17) is 11.1 Å². The number of sulfonamides is 1. The monoisotopic (exact) mass is 231 g/mol. The molecule has 1 aliphatic carbocycles. The van der Waals surface area contributed by atoms with Gasteiger partial charge in [0.05, 0.1) is 11.1 Å². The third kappa shape index (κ3) is 2.15. The Balaban J connectivity index is 1.96. The second kappa shape index (κ2) is 3.75. The predicted octanol–water partition coefficient (Wildman–Crippen LogP) is 0.127. The summed E-state index contributed by atoms with van der Waals surface area (Å²) in [6, 6.07) is 0. The molecule has 0 spiro atoms. The SMILES string of the molecule is N=C(N)C1CCN(S(=O)(=O)C2CC2)CC1. The van der Waals surface area contributed by atoms with E-state index in [1.165, 1.54) is 0 Å². The minimum Gasteiger partial charge on any atom is -0.387 e. The number of nitrogens with zero attached hydrogens (tertiary/aromatic N) is 1. The fourth-order valence-electron chi connectivity index (χ4n) is 2.00. The zero-order valence-corrected chi connectivity index (χ0v) is 9.46. The van der Waals surface area contributed by atoms with Crippen LogP contribution in [0.2, 0.25) is 0 Å².